The maximum absolute atomic E-state index is 12.0. The van der Waals surface area contributed by atoms with Crippen molar-refractivity contribution in [3.63, 3.8) is 0 Å². The highest BCUT2D eigenvalue weighted by Crippen LogP contribution is 2.15. The molecule has 0 bridgehead atoms. The molecule has 1 saturated carbocycles. The summed E-state index contributed by atoms with van der Waals surface area (Å²) in [5, 5.41) is 4.31. The lowest BCUT2D eigenvalue weighted by molar-refractivity contribution is 0.0954. The number of nitrogens with zero attached hydrogens (tertiary/aromatic N) is 1. The van der Waals surface area contributed by atoms with Gasteiger partial charge in [0.2, 0.25) is 0 Å². The van der Waals surface area contributed by atoms with Gasteiger partial charge in [0.05, 0.1) is 0 Å². The predicted molar refractivity (Wildman–Crippen MR) is 86.4 cm³/mol. The van der Waals surface area contributed by atoms with Crippen LogP contribution >= 0.6 is 22.6 Å². The van der Waals surface area contributed by atoms with Crippen LogP contribution in [0.5, 0.6) is 0 Å². The number of halogens is 1. The summed E-state index contributed by atoms with van der Waals surface area (Å²) in [5.41, 5.74) is 4.50. The molecule has 4 heteroatoms. The number of hydrogen-bond acceptors (Lipinski definition) is 2. The first-order valence-corrected chi connectivity index (χ1v) is 7.95. The van der Waals surface area contributed by atoms with Crippen molar-refractivity contribution in [2.75, 3.05) is 0 Å². The molecule has 0 atom stereocenters. The largest absolute Gasteiger partial charge is 0.271 e. The van der Waals surface area contributed by atoms with Gasteiger partial charge in [-0.05, 0) is 66.5 Å². The number of benzene rings is 1. The summed E-state index contributed by atoms with van der Waals surface area (Å²) in [5.74, 6) is -0.118. The third-order valence-corrected chi connectivity index (χ3v) is 4.00. The van der Waals surface area contributed by atoms with E-state index in [-0.39, 0.29) is 5.91 Å². The number of hydrogen-bond donors (Lipinski definition) is 1. The lowest BCUT2D eigenvalue weighted by Crippen LogP contribution is -2.20. The highest BCUT2D eigenvalue weighted by atomic mass is 127. The molecular formula is C15H19IN2O. The maximum atomic E-state index is 12.0. The first-order chi connectivity index (χ1) is 9.25. The Balaban J connectivity index is 1.94. The first kappa shape index (κ1) is 14.5. The molecule has 1 aliphatic rings. The molecule has 1 fully saturated rings. The van der Waals surface area contributed by atoms with Gasteiger partial charge < -0.3 is 0 Å². The fourth-order valence-electron chi connectivity index (χ4n) is 2.25. The van der Waals surface area contributed by atoms with E-state index in [1.807, 2.05) is 24.3 Å². The summed E-state index contributed by atoms with van der Waals surface area (Å²) in [7, 11) is 0. The fraction of sp³-hybridized carbons (Fsp3) is 0.467. The van der Waals surface area contributed by atoms with Crippen LogP contribution in [0.1, 0.15) is 55.3 Å². The van der Waals surface area contributed by atoms with Crippen molar-refractivity contribution in [2.45, 2.75) is 44.9 Å². The van der Waals surface area contributed by atoms with Gasteiger partial charge in [0.25, 0.3) is 5.91 Å². The number of carbonyl (C=O) groups is 1. The second-order valence-corrected chi connectivity index (χ2v) is 6.14. The summed E-state index contributed by atoms with van der Waals surface area (Å²) in [4.78, 5) is 12.0. The second-order valence-electron chi connectivity index (χ2n) is 4.90. The third kappa shape index (κ3) is 4.93. The molecule has 0 saturated heterocycles. The van der Waals surface area contributed by atoms with E-state index < -0.39 is 0 Å². The van der Waals surface area contributed by atoms with Gasteiger partial charge in [-0.15, -0.1) is 0 Å². The molecular weight excluding hydrogens is 351 g/mol. The van der Waals surface area contributed by atoms with E-state index in [0.717, 1.165) is 22.1 Å². The fourth-order valence-corrected chi connectivity index (χ4v) is 2.79. The van der Waals surface area contributed by atoms with E-state index in [0.29, 0.717) is 5.56 Å². The molecule has 0 radical (unpaired) electrons. The van der Waals surface area contributed by atoms with Crippen LogP contribution < -0.4 is 5.43 Å². The summed E-state index contributed by atoms with van der Waals surface area (Å²) < 4.78 is 1.06. The number of nitrogens with one attached hydrogen (secondary N) is 1. The van der Waals surface area contributed by atoms with Crippen LogP contribution in [0.3, 0.4) is 0 Å². The van der Waals surface area contributed by atoms with Gasteiger partial charge in [-0.2, -0.15) is 5.10 Å². The molecule has 3 nitrogen and oxygen atoms in total. The molecule has 0 spiro atoms. The van der Waals surface area contributed by atoms with Crippen molar-refractivity contribution < 1.29 is 4.79 Å². The molecule has 1 aromatic rings. The second kappa shape index (κ2) is 7.62. The molecule has 1 aromatic carbocycles. The van der Waals surface area contributed by atoms with E-state index in [1.54, 1.807) is 0 Å². The Labute approximate surface area is 128 Å². The van der Waals surface area contributed by atoms with Crippen molar-refractivity contribution in [1.29, 1.82) is 0 Å². The summed E-state index contributed by atoms with van der Waals surface area (Å²) in [6.07, 6.45) is 8.32. The van der Waals surface area contributed by atoms with Gasteiger partial charge in [-0.25, -0.2) is 5.43 Å². The predicted octanol–water partition coefficient (Wildman–Crippen LogP) is 4.12. The minimum absolute atomic E-state index is 0.118. The standard InChI is InChI=1S/C15H19IN2O/c16-13-8-6-7-12(11-13)15(19)18-17-14-9-4-2-1-3-5-10-14/h6-8,11H,1-5,9-10H2,(H,18,19). The van der Waals surface area contributed by atoms with Gasteiger partial charge in [0.1, 0.15) is 0 Å². The zero-order valence-electron chi connectivity index (χ0n) is 11.0. The molecule has 1 N–H and O–H groups in total. The topological polar surface area (TPSA) is 41.5 Å². The van der Waals surface area contributed by atoms with Gasteiger partial charge in [0.15, 0.2) is 0 Å². The van der Waals surface area contributed by atoms with E-state index in [1.165, 1.54) is 32.1 Å². The lowest BCUT2D eigenvalue weighted by atomic mass is 9.99. The van der Waals surface area contributed by atoms with Gasteiger partial charge in [0, 0.05) is 14.8 Å². The van der Waals surface area contributed by atoms with Crippen LogP contribution in [0.4, 0.5) is 0 Å². The van der Waals surface area contributed by atoms with Crippen LogP contribution in [-0.2, 0) is 0 Å². The van der Waals surface area contributed by atoms with Crippen molar-refractivity contribution >= 4 is 34.2 Å². The Kier molecular flexibility index (Phi) is 5.82. The summed E-state index contributed by atoms with van der Waals surface area (Å²) >= 11 is 2.20. The minimum Gasteiger partial charge on any atom is -0.267 e. The van der Waals surface area contributed by atoms with Crippen LogP contribution in [-0.4, -0.2) is 11.6 Å². The smallest absolute Gasteiger partial charge is 0.267 e. The highest BCUT2D eigenvalue weighted by molar-refractivity contribution is 14.1. The van der Waals surface area contributed by atoms with Crippen molar-refractivity contribution in [1.82, 2.24) is 5.43 Å². The zero-order chi connectivity index (χ0) is 13.5. The van der Waals surface area contributed by atoms with E-state index in [4.69, 9.17) is 0 Å². The van der Waals surface area contributed by atoms with Crippen molar-refractivity contribution in [3.05, 3.63) is 33.4 Å². The summed E-state index contributed by atoms with van der Waals surface area (Å²) in [6.45, 7) is 0. The number of hydrazone groups is 1. The van der Waals surface area contributed by atoms with E-state index in [9.17, 15) is 4.79 Å². The number of rotatable bonds is 2. The average molecular weight is 370 g/mol. The van der Waals surface area contributed by atoms with E-state index >= 15 is 0 Å². The molecule has 0 aromatic heterocycles. The molecule has 0 unspecified atom stereocenters. The quantitative estimate of drug-likeness (QED) is 0.618. The highest BCUT2D eigenvalue weighted by Gasteiger charge is 2.07. The monoisotopic (exact) mass is 370 g/mol. The normalized spacial score (nSPS) is 16.4. The SMILES string of the molecule is O=C(NN=C1CCCCCCC1)c1cccc(I)c1. The molecule has 1 amide bonds. The van der Waals surface area contributed by atoms with E-state index in [2.05, 4.69) is 33.1 Å². The zero-order valence-corrected chi connectivity index (χ0v) is 13.2. The Hall–Kier alpha value is -0.910. The van der Waals surface area contributed by atoms with Crippen molar-refractivity contribution in [2.24, 2.45) is 5.10 Å². The molecule has 0 aliphatic heterocycles. The Morgan fingerprint density at radius 1 is 1.11 bits per heavy atom. The number of amides is 1. The lowest BCUT2D eigenvalue weighted by Gasteiger charge is -2.11. The molecule has 2 rings (SSSR count). The van der Waals surface area contributed by atoms with Gasteiger partial charge >= 0.3 is 0 Å². The maximum Gasteiger partial charge on any atom is 0.271 e. The van der Waals surface area contributed by atoms with Crippen molar-refractivity contribution in [3.8, 4) is 0 Å². The summed E-state index contributed by atoms with van der Waals surface area (Å²) in [6, 6.07) is 7.54. The Morgan fingerprint density at radius 3 is 2.47 bits per heavy atom. The van der Waals surface area contributed by atoms with Crippen LogP contribution in [0.25, 0.3) is 0 Å². The Bertz CT molecular complexity index is 461. The van der Waals surface area contributed by atoms with Crippen LogP contribution in [0.2, 0.25) is 0 Å². The molecule has 19 heavy (non-hydrogen) atoms. The average Bonchev–Trinajstić information content (AvgIpc) is 2.37. The van der Waals surface area contributed by atoms with Gasteiger partial charge in [-0.1, -0.05) is 25.3 Å². The number of carbonyl (C=O) groups excluding carboxylic acids is 1. The van der Waals surface area contributed by atoms with Crippen LogP contribution in [0, 0.1) is 3.57 Å². The van der Waals surface area contributed by atoms with Gasteiger partial charge in [-0.3, -0.25) is 4.79 Å². The first-order valence-electron chi connectivity index (χ1n) is 6.87. The van der Waals surface area contributed by atoms with Crippen LogP contribution in [0.15, 0.2) is 29.4 Å². The molecule has 102 valence electrons. The molecule has 1 aliphatic carbocycles. The molecule has 0 heterocycles. The third-order valence-electron chi connectivity index (χ3n) is 3.33. The minimum atomic E-state index is -0.118. The Morgan fingerprint density at radius 2 is 1.79 bits per heavy atom.